The molecule has 0 heterocycles. The Labute approximate surface area is 134 Å². The zero-order valence-electron chi connectivity index (χ0n) is 13.2. The van der Waals surface area contributed by atoms with Crippen molar-refractivity contribution in [2.24, 2.45) is 0 Å². The maximum Gasteiger partial charge on any atom is 0.335 e. The Morgan fingerprint density at radius 2 is 1.87 bits per heavy atom. The van der Waals surface area contributed by atoms with Gasteiger partial charge in [0, 0.05) is 18.7 Å². The Morgan fingerprint density at radius 3 is 2.48 bits per heavy atom. The molecule has 0 saturated carbocycles. The van der Waals surface area contributed by atoms with Crippen LogP contribution in [0, 0.1) is 0 Å². The van der Waals surface area contributed by atoms with E-state index < -0.39 is 5.97 Å². The monoisotopic (exact) mass is 316 g/mol. The molecule has 3 N–H and O–H groups in total. The van der Waals surface area contributed by atoms with Crippen molar-refractivity contribution in [2.45, 2.75) is 19.8 Å². The van der Waals surface area contributed by atoms with E-state index in [0.29, 0.717) is 30.6 Å². The molecule has 0 aliphatic carbocycles. The number of rotatable bonds is 6. The van der Waals surface area contributed by atoms with Crippen LogP contribution in [0.25, 0.3) is 11.1 Å². The summed E-state index contributed by atoms with van der Waals surface area (Å²) < 4.78 is 5.12. The topological polar surface area (TPSA) is 87.0 Å². The second-order valence-electron chi connectivity index (χ2n) is 5.23. The summed E-state index contributed by atoms with van der Waals surface area (Å²) in [5, 5.41) is 29.6. The molecule has 122 valence electrons. The van der Waals surface area contributed by atoms with E-state index in [9.17, 15) is 15.0 Å². The van der Waals surface area contributed by atoms with Crippen molar-refractivity contribution in [3.63, 3.8) is 0 Å². The maximum absolute atomic E-state index is 11.2. The smallest absolute Gasteiger partial charge is 0.335 e. The number of phenolic OH excluding ortho intramolecular Hbond substituents is 2. The fraction of sp³-hybridized carbons (Fsp3) is 0.278. The molecule has 5 nitrogen and oxygen atoms in total. The molecule has 2 aromatic rings. The van der Waals surface area contributed by atoms with E-state index in [1.807, 2.05) is 6.92 Å². The van der Waals surface area contributed by atoms with E-state index in [1.165, 1.54) is 18.2 Å². The minimum atomic E-state index is -1.03. The molecule has 23 heavy (non-hydrogen) atoms. The van der Waals surface area contributed by atoms with Crippen LogP contribution < -0.4 is 0 Å². The van der Waals surface area contributed by atoms with Crippen LogP contribution in [0.5, 0.6) is 11.5 Å². The third-order valence-electron chi connectivity index (χ3n) is 3.81. The van der Waals surface area contributed by atoms with Crippen molar-refractivity contribution < 1.29 is 24.9 Å². The fourth-order valence-corrected chi connectivity index (χ4v) is 2.75. The van der Waals surface area contributed by atoms with Crippen molar-refractivity contribution in [1.29, 1.82) is 0 Å². The zero-order chi connectivity index (χ0) is 17.0. The lowest BCUT2D eigenvalue weighted by atomic mass is 9.90. The Balaban J connectivity index is 2.69. The van der Waals surface area contributed by atoms with Crippen molar-refractivity contribution in [3.05, 3.63) is 47.0 Å². The van der Waals surface area contributed by atoms with E-state index in [1.54, 1.807) is 19.2 Å². The largest absolute Gasteiger partial charge is 0.508 e. The Hall–Kier alpha value is -2.53. The van der Waals surface area contributed by atoms with Gasteiger partial charge in [-0.05, 0) is 41.7 Å². The number of phenols is 2. The lowest BCUT2D eigenvalue weighted by molar-refractivity contribution is 0.0697. The van der Waals surface area contributed by atoms with Gasteiger partial charge in [-0.15, -0.1) is 0 Å². The highest BCUT2D eigenvalue weighted by Gasteiger charge is 2.18. The third kappa shape index (κ3) is 3.46. The fourth-order valence-electron chi connectivity index (χ4n) is 2.75. The number of methoxy groups -OCH3 is 1. The minimum Gasteiger partial charge on any atom is -0.508 e. The summed E-state index contributed by atoms with van der Waals surface area (Å²) in [5.74, 6) is -1.07. The molecule has 0 aliphatic rings. The zero-order valence-corrected chi connectivity index (χ0v) is 13.2. The Bertz CT molecular complexity index is 722. The van der Waals surface area contributed by atoms with Crippen LogP contribution in [-0.2, 0) is 17.6 Å². The molecule has 0 unspecified atom stereocenters. The first-order valence-corrected chi connectivity index (χ1v) is 7.38. The molecular formula is C18H20O5. The number of carboxylic acid groups (broad SMARTS) is 1. The molecule has 0 atom stereocenters. The van der Waals surface area contributed by atoms with Gasteiger partial charge in [0.1, 0.15) is 11.5 Å². The first-order valence-electron chi connectivity index (χ1n) is 7.38. The first kappa shape index (κ1) is 16.8. The molecule has 5 heteroatoms. The van der Waals surface area contributed by atoms with Gasteiger partial charge in [0.2, 0.25) is 0 Å². The van der Waals surface area contributed by atoms with Crippen molar-refractivity contribution in [1.82, 2.24) is 0 Å². The van der Waals surface area contributed by atoms with E-state index in [0.717, 1.165) is 11.1 Å². The van der Waals surface area contributed by atoms with E-state index in [4.69, 9.17) is 9.84 Å². The van der Waals surface area contributed by atoms with Gasteiger partial charge in [-0.1, -0.05) is 19.1 Å². The highest BCUT2D eigenvalue weighted by Crippen LogP contribution is 2.40. The standard InChI is InChI=1S/C18H20O5/c1-3-13-14(7-8-23-2)17(16(20)10-15(13)19)11-5-4-6-12(9-11)18(21)22/h4-6,9-10,19-20H,3,7-8H2,1-2H3,(H,21,22). The summed E-state index contributed by atoms with van der Waals surface area (Å²) in [6.07, 6.45) is 1.10. The summed E-state index contributed by atoms with van der Waals surface area (Å²) in [4.78, 5) is 11.2. The van der Waals surface area contributed by atoms with E-state index in [-0.39, 0.29) is 17.1 Å². The van der Waals surface area contributed by atoms with Crippen LogP contribution in [0.4, 0.5) is 0 Å². The molecule has 2 rings (SSSR count). The number of ether oxygens (including phenoxy) is 1. The van der Waals surface area contributed by atoms with Crippen molar-refractivity contribution in [2.75, 3.05) is 13.7 Å². The summed E-state index contributed by atoms with van der Waals surface area (Å²) in [5.41, 5.74) is 2.79. The SMILES string of the molecule is CCc1c(O)cc(O)c(-c2cccc(C(=O)O)c2)c1CCOC. The van der Waals surface area contributed by atoms with Crippen molar-refractivity contribution in [3.8, 4) is 22.6 Å². The molecular weight excluding hydrogens is 296 g/mol. The highest BCUT2D eigenvalue weighted by atomic mass is 16.5. The maximum atomic E-state index is 11.2. The number of benzene rings is 2. The van der Waals surface area contributed by atoms with Gasteiger partial charge in [-0.2, -0.15) is 0 Å². The first-order chi connectivity index (χ1) is 11.0. The molecule has 2 aromatic carbocycles. The average molecular weight is 316 g/mol. The number of aromatic hydroxyl groups is 2. The molecule has 0 saturated heterocycles. The average Bonchev–Trinajstić information content (AvgIpc) is 2.52. The summed E-state index contributed by atoms with van der Waals surface area (Å²) in [6.45, 7) is 2.35. The molecule has 0 radical (unpaired) electrons. The van der Waals surface area contributed by atoms with Crippen molar-refractivity contribution >= 4 is 5.97 Å². The lowest BCUT2D eigenvalue weighted by Crippen LogP contribution is -2.03. The van der Waals surface area contributed by atoms with Gasteiger partial charge in [-0.3, -0.25) is 0 Å². The highest BCUT2D eigenvalue weighted by molar-refractivity contribution is 5.90. The summed E-state index contributed by atoms with van der Waals surface area (Å²) in [6, 6.07) is 7.70. The summed E-state index contributed by atoms with van der Waals surface area (Å²) in [7, 11) is 1.58. The lowest BCUT2D eigenvalue weighted by Gasteiger charge is -2.18. The van der Waals surface area contributed by atoms with E-state index >= 15 is 0 Å². The molecule has 0 bridgehead atoms. The predicted molar refractivity (Wildman–Crippen MR) is 87.1 cm³/mol. The van der Waals surface area contributed by atoms with Gasteiger partial charge >= 0.3 is 5.97 Å². The number of aromatic carboxylic acids is 1. The van der Waals surface area contributed by atoms with Gasteiger partial charge in [0.05, 0.1) is 12.2 Å². The van der Waals surface area contributed by atoms with Gasteiger partial charge in [-0.25, -0.2) is 4.79 Å². The quantitative estimate of drug-likeness (QED) is 0.761. The minimum absolute atomic E-state index is 0.0363. The number of carboxylic acids is 1. The molecule has 0 amide bonds. The van der Waals surface area contributed by atoms with Crippen LogP contribution in [0.2, 0.25) is 0 Å². The second kappa shape index (κ2) is 7.15. The van der Waals surface area contributed by atoms with Gasteiger partial charge < -0.3 is 20.1 Å². The Morgan fingerprint density at radius 1 is 1.13 bits per heavy atom. The van der Waals surface area contributed by atoms with Crippen LogP contribution in [-0.4, -0.2) is 35.0 Å². The number of carbonyl (C=O) groups is 1. The van der Waals surface area contributed by atoms with Crippen LogP contribution >= 0.6 is 0 Å². The van der Waals surface area contributed by atoms with Crippen LogP contribution in [0.15, 0.2) is 30.3 Å². The van der Waals surface area contributed by atoms with Gasteiger partial charge in [0.25, 0.3) is 0 Å². The molecule has 0 fully saturated rings. The normalized spacial score (nSPS) is 10.7. The Kier molecular flexibility index (Phi) is 5.24. The second-order valence-corrected chi connectivity index (χ2v) is 5.23. The number of hydrogen-bond acceptors (Lipinski definition) is 4. The predicted octanol–water partition coefficient (Wildman–Crippen LogP) is 3.21. The van der Waals surface area contributed by atoms with E-state index in [2.05, 4.69) is 0 Å². The molecule has 0 aromatic heterocycles. The third-order valence-corrected chi connectivity index (χ3v) is 3.81. The summed E-state index contributed by atoms with van der Waals surface area (Å²) >= 11 is 0. The van der Waals surface area contributed by atoms with Gasteiger partial charge in [0.15, 0.2) is 0 Å². The number of hydrogen-bond donors (Lipinski definition) is 3. The molecule has 0 spiro atoms. The molecule has 0 aliphatic heterocycles. The van der Waals surface area contributed by atoms with Crippen LogP contribution in [0.1, 0.15) is 28.4 Å². The van der Waals surface area contributed by atoms with Crippen LogP contribution in [0.3, 0.4) is 0 Å².